The molecule has 0 aliphatic carbocycles. The van der Waals surface area contributed by atoms with E-state index in [9.17, 15) is 4.79 Å². The van der Waals surface area contributed by atoms with Gasteiger partial charge >= 0.3 is 0 Å². The van der Waals surface area contributed by atoms with Gasteiger partial charge in [0.05, 0.1) is 32.7 Å². The summed E-state index contributed by atoms with van der Waals surface area (Å²) in [6, 6.07) is 16.1. The number of carbonyl (C=O) groups is 1. The van der Waals surface area contributed by atoms with E-state index in [0.717, 1.165) is 47.0 Å². The number of anilines is 1. The fraction of sp³-hybridized carbons (Fsp3) is 0.333. The SMILES string of the molecule is COc1cc(-c2cc(-c3ccccc3)nc3sc(C(=O)N4[C@@H](C)CCC[C@@H]4C)c(N)c23)cc(OC)c1OC. The van der Waals surface area contributed by atoms with Gasteiger partial charge in [0, 0.05) is 23.0 Å². The number of pyridine rings is 1. The van der Waals surface area contributed by atoms with Crippen LogP contribution in [0.5, 0.6) is 17.2 Å². The molecule has 0 saturated carbocycles. The van der Waals surface area contributed by atoms with E-state index in [4.69, 9.17) is 24.9 Å². The monoisotopic (exact) mass is 531 g/mol. The molecule has 1 fully saturated rings. The first-order valence-electron chi connectivity index (χ1n) is 12.8. The minimum absolute atomic E-state index is 0.0256. The number of thiophene rings is 1. The van der Waals surface area contributed by atoms with Gasteiger partial charge in [0.15, 0.2) is 11.5 Å². The van der Waals surface area contributed by atoms with Crippen LogP contribution in [0.4, 0.5) is 5.69 Å². The molecule has 2 aromatic heterocycles. The number of hydrogen-bond donors (Lipinski definition) is 1. The number of fused-ring (bicyclic) bond motifs is 1. The summed E-state index contributed by atoms with van der Waals surface area (Å²) >= 11 is 1.36. The van der Waals surface area contributed by atoms with E-state index < -0.39 is 0 Å². The van der Waals surface area contributed by atoms with E-state index in [1.807, 2.05) is 53.4 Å². The number of piperidine rings is 1. The topological polar surface area (TPSA) is 86.9 Å². The van der Waals surface area contributed by atoms with Gasteiger partial charge in [-0.05, 0) is 62.4 Å². The third-order valence-corrected chi connectivity index (χ3v) is 8.45. The van der Waals surface area contributed by atoms with Gasteiger partial charge in [0.2, 0.25) is 5.75 Å². The maximum atomic E-state index is 13.9. The average Bonchev–Trinajstić information content (AvgIpc) is 3.28. The zero-order chi connectivity index (χ0) is 27.0. The molecule has 1 aliphatic heterocycles. The standard InChI is InChI=1S/C30H33N3O4S/c1-17-10-9-11-18(2)33(17)30(34)28-26(31)25-21(20-14-23(35-3)27(37-5)24(15-20)36-4)16-22(32-29(25)38-28)19-12-7-6-8-13-19/h6-8,12-18H,9-11,31H2,1-5H3/t17-,18-/m0/s1. The summed E-state index contributed by atoms with van der Waals surface area (Å²) in [6.45, 7) is 4.23. The van der Waals surface area contributed by atoms with Crippen LogP contribution in [0.15, 0.2) is 48.5 Å². The highest BCUT2D eigenvalue weighted by Crippen LogP contribution is 2.46. The van der Waals surface area contributed by atoms with E-state index in [0.29, 0.717) is 32.6 Å². The number of likely N-dealkylation sites (tertiary alicyclic amines) is 1. The Morgan fingerprint density at radius 2 is 1.58 bits per heavy atom. The van der Waals surface area contributed by atoms with Crippen LogP contribution in [0.25, 0.3) is 32.6 Å². The van der Waals surface area contributed by atoms with Gasteiger partial charge in [-0.1, -0.05) is 30.3 Å². The lowest BCUT2D eigenvalue weighted by atomic mass is 9.96. The van der Waals surface area contributed by atoms with Crippen molar-refractivity contribution in [3.8, 4) is 39.6 Å². The second kappa shape index (κ2) is 10.5. The molecule has 1 amide bonds. The molecule has 8 heteroatoms. The Kier molecular flexibility index (Phi) is 7.17. The van der Waals surface area contributed by atoms with Gasteiger partial charge in [-0.3, -0.25) is 4.79 Å². The molecule has 7 nitrogen and oxygen atoms in total. The molecule has 2 aromatic carbocycles. The Morgan fingerprint density at radius 1 is 0.947 bits per heavy atom. The van der Waals surface area contributed by atoms with Crippen molar-refractivity contribution in [2.24, 2.45) is 0 Å². The van der Waals surface area contributed by atoms with Gasteiger partial charge in [-0.15, -0.1) is 11.3 Å². The minimum atomic E-state index is -0.0256. The number of nitrogens with zero attached hydrogens (tertiary/aromatic N) is 2. The van der Waals surface area contributed by atoms with Crippen molar-refractivity contribution < 1.29 is 19.0 Å². The highest BCUT2D eigenvalue weighted by atomic mass is 32.1. The maximum Gasteiger partial charge on any atom is 0.266 e. The third-order valence-electron chi connectivity index (χ3n) is 7.37. The number of ether oxygens (including phenoxy) is 3. The lowest BCUT2D eigenvalue weighted by Gasteiger charge is -2.38. The number of methoxy groups -OCH3 is 3. The smallest absolute Gasteiger partial charge is 0.266 e. The number of rotatable bonds is 6. The molecular formula is C30H33N3O4S. The molecule has 4 aromatic rings. The predicted octanol–water partition coefficient (Wildman–Crippen LogP) is 6.64. The Morgan fingerprint density at radius 3 is 2.16 bits per heavy atom. The summed E-state index contributed by atoms with van der Waals surface area (Å²) in [5.41, 5.74) is 10.7. The second-order valence-corrected chi connectivity index (χ2v) is 10.7. The fourth-order valence-electron chi connectivity index (χ4n) is 5.44. The summed E-state index contributed by atoms with van der Waals surface area (Å²) in [5, 5.41) is 0.754. The lowest BCUT2D eigenvalue weighted by molar-refractivity contribution is 0.0517. The van der Waals surface area contributed by atoms with Crippen molar-refractivity contribution in [2.45, 2.75) is 45.2 Å². The van der Waals surface area contributed by atoms with Crippen LogP contribution in [-0.2, 0) is 0 Å². The number of benzene rings is 2. The molecule has 3 heterocycles. The van der Waals surface area contributed by atoms with Crippen molar-refractivity contribution in [2.75, 3.05) is 27.1 Å². The molecule has 1 aliphatic rings. The van der Waals surface area contributed by atoms with Crippen molar-refractivity contribution in [3.63, 3.8) is 0 Å². The van der Waals surface area contributed by atoms with Gasteiger partial charge < -0.3 is 24.8 Å². The van der Waals surface area contributed by atoms with Crippen molar-refractivity contribution in [1.82, 2.24) is 9.88 Å². The molecule has 198 valence electrons. The summed E-state index contributed by atoms with van der Waals surface area (Å²) in [7, 11) is 4.76. The van der Waals surface area contributed by atoms with Gasteiger partial charge in [0.1, 0.15) is 9.71 Å². The van der Waals surface area contributed by atoms with Crippen LogP contribution in [0.1, 0.15) is 42.8 Å². The number of carbonyl (C=O) groups excluding carboxylic acids is 1. The number of amides is 1. The number of nitrogens with two attached hydrogens (primary N) is 1. The summed E-state index contributed by atoms with van der Waals surface area (Å²) in [6.07, 6.45) is 3.11. The summed E-state index contributed by atoms with van der Waals surface area (Å²) in [5.74, 6) is 1.56. The summed E-state index contributed by atoms with van der Waals surface area (Å²) < 4.78 is 16.8. The van der Waals surface area contributed by atoms with Gasteiger partial charge in [-0.2, -0.15) is 0 Å². The molecule has 2 N–H and O–H groups in total. The third kappa shape index (κ3) is 4.43. The summed E-state index contributed by atoms with van der Waals surface area (Å²) in [4.78, 5) is 22.1. The minimum Gasteiger partial charge on any atom is -0.493 e. The normalized spacial score (nSPS) is 17.4. The number of nitrogen functional groups attached to an aromatic ring is 1. The first-order valence-corrected chi connectivity index (χ1v) is 13.6. The molecule has 0 spiro atoms. The Labute approximate surface area is 227 Å². The molecule has 0 radical (unpaired) electrons. The van der Waals surface area contributed by atoms with Gasteiger partial charge in [-0.25, -0.2) is 4.98 Å². The highest BCUT2D eigenvalue weighted by Gasteiger charge is 2.33. The quantitative estimate of drug-likeness (QED) is 0.300. The van der Waals surface area contributed by atoms with Crippen LogP contribution >= 0.6 is 11.3 Å². The van der Waals surface area contributed by atoms with Crippen molar-refractivity contribution in [3.05, 3.63) is 53.4 Å². The first-order chi connectivity index (χ1) is 18.4. The zero-order valence-electron chi connectivity index (χ0n) is 22.4. The molecule has 5 rings (SSSR count). The van der Waals surface area contributed by atoms with E-state index in [1.54, 1.807) is 21.3 Å². The zero-order valence-corrected chi connectivity index (χ0v) is 23.2. The Bertz CT molecular complexity index is 1450. The molecule has 0 bridgehead atoms. The van der Waals surface area contributed by atoms with Crippen molar-refractivity contribution >= 4 is 33.1 Å². The second-order valence-electron chi connectivity index (χ2n) is 9.70. The lowest BCUT2D eigenvalue weighted by Crippen LogP contribution is -2.47. The first kappa shape index (κ1) is 25.9. The largest absolute Gasteiger partial charge is 0.493 e. The molecule has 2 atom stereocenters. The van der Waals surface area contributed by atoms with E-state index in [2.05, 4.69) is 13.8 Å². The van der Waals surface area contributed by atoms with Gasteiger partial charge in [0.25, 0.3) is 5.91 Å². The van der Waals surface area contributed by atoms with Crippen LogP contribution in [0.3, 0.4) is 0 Å². The predicted molar refractivity (Wildman–Crippen MR) is 154 cm³/mol. The number of hydrogen-bond acceptors (Lipinski definition) is 7. The van der Waals surface area contributed by atoms with E-state index >= 15 is 0 Å². The molecule has 1 saturated heterocycles. The van der Waals surface area contributed by atoms with Crippen LogP contribution in [0, 0.1) is 0 Å². The Hall–Kier alpha value is -3.78. The molecule has 0 unspecified atom stereocenters. The molecule has 38 heavy (non-hydrogen) atoms. The highest BCUT2D eigenvalue weighted by molar-refractivity contribution is 7.21. The van der Waals surface area contributed by atoms with E-state index in [1.165, 1.54) is 11.3 Å². The average molecular weight is 532 g/mol. The van der Waals surface area contributed by atoms with E-state index in [-0.39, 0.29) is 18.0 Å². The number of aromatic nitrogens is 1. The molecular weight excluding hydrogens is 498 g/mol. The van der Waals surface area contributed by atoms with Crippen LogP contribution in [-0.4, -0.2) is 49.2 Å². The van der Waals surface area contributed by atoms with Crippen LogP contribution < -0.4 is 19.9 Å². The van der Waals surface area contributed by atoms with Crippen LogP contribution in [0.2, 0.25) is 0 Å². The Balaban J connectivity index is 1.76. The van der Waals surface area contributed by atoms with Crippen molar-refractivity contribution in [1.29, 1.82) is 0 Å². The fourth-order valence-corrected chi connectivity index (χ4v) is 6.50. The maximum absolute atomic E-state index is 13.9.